The van der Waals surface area contributed by atoms with Crippen LogP contribution in [0.2, 0.25) is 0 Å². The van der Waals surface area contributed by atoms with Gasteiger partial charge in [-0.3, -0.25) is 4.79 Å². The van der Waals surface area contributed by atoms with Crippen LogP contribution in [0.3, 0.4) is 0 Å². The molecule has 0 radical (unpaired) electrons. The number of hydrogen-bond acceptors (Lipinski definition) is 4. The Kier molecular flexibility index (Phi) is 5.64. The number of nitrogens with zero attached hydrogens (tertiary/aromatic N) is 1. The van der Waals surface area contributed by atoms with E-state index in [4.69, 9.17) is 0 Å². The van der Waals surface area contributed by atoms with Gasteiger partial charge in [-0.2, -0.15) is 4.31 Å². The average molecular weight is 364 g/mol. The summed E-state index contributed by atoms with van der Waals surface area (Å²) in [4.78, 5) is 11.8. The van der Waals surface area contributed by atoms with Crippen LogP contribution in [0.1, 0.15) is 20.3 Å². The van der Waals surface area contributed by atoms with Crippen LogP contribution in [-0.2, 0) is 14.8 Å². The molecular weight excluding hydrogens is 346 g/mol. The molecule has 0 bridgehead atoms. The van der Waals surface area contributed by atoms with E-state index in [0.717, 1.165) is 16.4 Å². The van der Waals surface area contributed by atoms with Gasteiger partial charge < -0.3 is 5.32 Å². The van der Waals surface area contributed by atoms with Crippen molar-refractivity contribution in [2.75, 3.05) is 11.6 Å². The molecule has 1 N–H and O–H groups in total. The summed E-state index contributed by atoms with van der Waals surface area (Å²) in [7, 11) is -4.15. The number of carbonyl (C=O) groups excluding carboxylic acids is 1. The molecule has 1 aliphatic heterocycles. The average Bonchev–Trinajstić information content (AvgIpc) is 2.96. The van der Waals surface area contributed by atoms with Gasteiger partial charge in [0.15, 0.2) is 0 Å². The van der Waals surface area contributed by atoms with Gasteiger partial charge in [-0.1, -0.05) is 6.92 Å². The third-order valence-electron chi connectivity index (χ3n) is 3.59. The molecule has 128 valence electrons. The lowest BCUT2D eigenvalue weighted by Gasteiger charge is -2.24. The number of rotatable bonds is 5. The van der Waals surface area contributed by atoms with Crippen LogP contribution in [0.4, 0.5) is 8.78 Å². The minimum absolute atomic E-state index is 0.0685. The van der Waals surface area contributed by atoms with Crippen LogP contribution < -0.4 is 5.32 Å². The summed E-state index contributed by atoms with van der Waals surface area (Å²) in [5.74, 6) is -1.98. The minimum Gasteiger partial charge on any atom is -0.352 e. The first kappa shape index (κ1) is 18.2. The van der Waals surface area contributed by atoms with Gasteiger partial charge >= 0.3 is 0 Å². The van der Waals surface area contributed by atoms with E-state index in [-0.39, 0.29) is 11.9 Å². The molecule has 1 aromatic carbocycles. The van der Waals surface area contributed by atoms with Crippen molar-refractivity contribution in [1.29, 1.82) is 0 Å². The summed E-state index contributed by atoms with van der Waals surface area (Å²) in [5.41, 5.74) is 0. The normalized spacial score (nSPS) is 20.4. The van der Waals surface area contributed by atoms with Crippen molar-refractivity contribution in [1.82, 2.24) is 9.62 Å². The molecule has 1 aliphatic rings. The molecule has 5 nitrogen and oxygen atoms in total. The Bertz CT molecular complexity index is 677. The number of benzene rings is 1. The zero-order valence-corrected chi connectivity index (χ0v) is 14.4. The van der Waals surface area contributed by atoms with Gasteiger partial charge in [-0.05, 0) is 25.5 Å². The molecule has 1 fully saturated rings. The summed E-state index contributed by atoms with van der Waals surface area (Å²) >= 11 is 1.28. The molecule has 1 amide bonds. The molecular formula is C14H18F2N2O3S2. The third kappa shape index (κ3) is 4.02. The molecule has 0 aromatic heterocycles. The number of thioether (sulfide) groups is 1. The van der Waals surface area contributed by atoms with E-state index in [0.29, 0.717) is 18.2 Å². The van der Waals surface area contributed by atoms with Crippen LogP contribution in [0, 0.1) is 11.6 Å². The first-order valence-electron chi connectivity index (χ1n) is 7.11. The number of halogens is 2. The smallest absolute Gasteiger partial charge is 0.244 e. The fourth-order valence-corrected chi connectivity index (χ4v) is 5.32. The third-order valence-corrected chi connectivity index (χ3v) is 6.60. The highest BCUT2D eigenvalue weighted by molar-refractivity contribution is 8.00. The Morgan fingerprint density at radius 2 is 2.00 bits per heavy atom. The fraction of sp³-hybridized carbons (Fsp3) is 0.500. The molecule has 9 heteroatoms. The largest absolute Gasteiger partial charge is 0.352 e. The van der Waals surface area contributed by atoms with E-state index in [1.54, 1.807) is 0 Å². The second-order valence-corrected chi connectivity index (χ2v) is 8.22. The Morgan fingerprint density at radius 3 is 2.57 bits per heavy atom. The summed E-state index contributed by atoms with van der Waals surface area (Å²) in [6.07, 6.45) is 0.716. The molecule has 1 heterocycles. The zero-order valence-electron chi connectivity index (χ0n) is 12.8. The molecule has 1 aromatic rings. The number of nitrogens with one attached hydrogen (secondary N) is 1. The second-order valence-electron chi connectivity index (χ2n) is 5.33. The van der Waals surface area contributed by atoms with E-state index >= 15 is 0 Å². The van der Waals surface area contributed by atoms with Gasteiger partial charge in [-0.25, -0.2) is 17.2 Å². The highest BCUT2D eigenvalue weighted by Crippen LogP contribution is 2.29. The first-order valence-corrected chi connectivity index (χ1v) is 9.71. The molecule has 0 spiro atoms. The Labute approximate surface area is 138 Å². The van der Waals surface area contributed by atoms with E-state index in [1.165, 1.54) is 11.8 Å². The molecule has 0 aliphatic carbocycles. The van der Waals surface area contributed by atoms with E-state index in [9.17, 15) is 22.0 Å². The topological polar surface area (TPSA) is 66.5 Å². The van der Waals surface area contributed by atoms with Gasteiger partial charge in [0.1, 0.15) is 17.7 Å². The second kappa shape index (κ2) is 7.14. The predicted molar refractivity (Wildman–Crippen MR) is 84.4 cm³/mol. The monoisotopic (exact) mass is 364 g/mol. The van der Waals surface area contributed by atoms with Crippen molar-refractivity contribution in [2.45, 2.75) is 37.2 Å². The highest BCUT2D eigenvalue weighted by Gasteiger charge is 2.40. The highest BCUT2D eigenvalue weighted by atomic mass is 32.2. The SMILES string of the molecule is CC[C@@H](C)NC(=O)[C@H]1CSCN1S(=O)(=O)c1cc(F)cc(F)c1. The Hall–Kier alpha value is -1.19. The van der Waals surface area contributed by atoms with Crippen LogP contribution in [-0.4, -0.2) is 42.3 Å². The Morgan fingerprint density at radius 1 is 1.39 bits per heavy atom. The molecule has 0 unspecified atom stereocenters. The van der Waals surface area contributed by atoms with Gasteiger partial charge in [0.05, 0.1) is 10.8 Å². The molecule has 23 heavy (non-hydrogen) atoms. The van der Waals surface area contributed by atoms with Crippen molar-refractivity contribution >= 4 is 27.7 Å². The zero-order chi connectivity index (χ0) is 17.2. The van der Waals surface area contributed by atoms with Crippen LogP contribution in [0.5, 0.6) is 0 Å². The lowest BCUT2D eigenvalue weighted by molar-refractivity contribution is -0.124. The van der Waals surface area contributed by atoms with Crippen molar-refractivity contribution in [3.63, 3.8) is 0 Å². The molecule has 2 atom stereocenters. The summed E-state index contributed by atoms with van der Waals surface area (Å²) < 4.78 is 52.8. The van der Waals surface area contributed by atoms with Gasteiger partial charge in [0.25, 0.3) is 0 Å². The van der Waals surface area contributed by atoms with Gasteiger partial charge in [0, 0.05) is 17.9 Å². The Balaban J connectivity index is 2.29. The van der Waals surface area contributed by atoms with E-state index in [2.05, 4.69) is 5.32 Å². The van der Waals surface area contributed by atoms with Crippen molar-refractivity contribution in [3.05, 3.63) is 29.8 Å². The van der Waals surface area contributed by atoms with Crippen molar-refractivity contribution in [2.24, 2.45) is 0 Å². The van der Waals surface area contributed by atoms with Crippen molar-refractivity contribution < 1.29 is 22.0 Å². The number of carbonyl (C=O) groups is 1. The summed E-state index contributed by atoms with van der Waals surface area (Å²) in [5, 5.41) is 2.74. The minimum atomic E-state index is -4.15. The lowest BCUT2D eigenvalue weighted by Crippen LogP contribution is -2.49. The standard InChI is InChI=1S/C14H18F2N2O3S2/c1-3-9(2)17-14(19)13-7-22-8-18(13)23(20,21)12-5-10(15)4-11(16)6-12/h4-6,9,13H,3,7-8H2,1-2H3,(H,17,19)/t9-,13-/m1/s1. The van der Waals surface area contributed by atoms with Crippen LogP contribution >= 0.6 is 11.8 Å². The first-order chi connectivity index (χ1) is 10.8. The molecule has 0 saturated carbocycles. The number of sulfonamides is 1. The van der Waals surface area contributed by atoms with Crippen LogP contribution in [0.25, 0.3) is 0 Å². The summed E-state index contributed by atoms with van der Waals surface area (Å²) in [6, 6.07) is 1.15. The molecule has 1 saturated heterocycles. The van der Waals surface area contributed by atoms with E-state index in [1.807, 2.05) is 13.8 Å². The fourth-order valence-electron chi connectivity index (χ4n) is 2.12. The number of hydrogen-bond donors (Lipinski definition) is 1. The van der Waals surface area contributed by atoms with E-state index < -0.39 is 38.5 Å². The van der Waals surface area contributed by atoms with Gasteiger partial charge in [0.2, 0.25) is 15.9 Å². The van der Waals surface area contributed by atoms with Crippen LogP contribution in [0.15, 0.2) is 23.1 Å². The maximum atomic E-state index is 13.3. The maximum absolute atomic E-state index is 13.3. The summed E-state index contributed by atoms with van der Waals surface area (Å²) in [6.45, 7) is 3.72. The molecule has 2 rings (SSSR count). The number of amides is 1. The quantitative estimate of drug-likeness (QED) is 0.867. The maximum Gasteiger partial charge on any atom is 0.244 e. The lowest BCUT2D eigenvalue weighted by atomic mass is 10.2. The predicted octanol–water partition coefficient (Wildman–Crippen LogP) is 1.94. The van der Waals surface area contributed by atoms with Crippen molar-refractivity contribution in [3.8, 4) is 0 Å². The van der Waals surface area contributed by atoms with Gasteiger partial charge in [-0.15, -0.1) is 11.8 Å².